The van der Waals surface area contributed by atoms with E-state index in [1.807, 2.05) is 0 Å². The van der Waals surface area contributed by atoms with Gasteiger partial charge >= 0.3 is 0 Å². The maximum atomic E-state index is 5.92. The molecule has 0 atom stereocenters. The molecule has 1 aromatic heterocycles. The molecule has 2 aliphatic carbocycles. The molecule has 3 rings (SSSR count). The Kier molecular flexibility index (Phi) is 3.11. The summed E-state index contributed by atoms with van der Waals surface area (Å²) in [5.74, 6) is 1.90. The maximum absolute atomic E-state index is 5.92. The van der Waals surface area contributed by atoms with Crippen molar-refractivity contribution in [3.63, 3.8) is 0 Å². The highest BCUT2D eigenvalue weighted by Crippen LogP contribution is 2.43. The number of rotatable bonds is 3. The normalized spacial score (nSPS) is 31.0. The lowest BCUT2D eigenvalue weighted by Crippen LogP contribution is -2.37. The van der Waals surface area contributed by atoms with Gasteiger partial charge in [-0.1, -0.05) is 5.16 Å². The van der Waals surface area contributed by atoms with Gasteiger partial charge in [-0.15, -0.1) is 0 Å². The van der Waals surface area contributed by atoms with Gasteiger partial charge in [-0.2, -0.15) is 4.98 Å². The summed E-state index contributed by atoms with van der Waals surface area (Å²) < 4.78 is 11.0. The van der Waals surface area contributed by atoms with Gasteiger partial charge in [-0.3, -0.25) is 0 Å². The van der Waals surface area contributed by atoms with E-state index < -0.39 is 0 Å². The fraction of sp³-hybridized carbons (Fsp3) is 0.846. The number of nitrogens with zero attached hydrogens (tertiary/aromatic N) is 2. The monoisotopic (exact) mass is 251 g/mol. The lowest BCUT2D eigenvalue weighted by molar-refractivity contribution is -0.0858. The van der Waals surface area contributed by atoms with E-state index in [4.69, 9.17) is 15.0 Å². The fourth-order valence-corrected chi connectivity index (χ4v) is 2.97. The maximum Gasteiger partial charge on any atom is 0.229 e. The minimum atomic E-state index is -0.271. The Morgan fingerprint density at radius 1 is 1.28 bits per heavy atom. The first kappa shape index (κ1) is 12.1. The van der Waals surface area contributed by atoms with Crippen LogP contribution in [0.2, 0.25) is 0 Å². The van der Waals surface area contributed by atoms with Crippen molar-refractivity contribution in [2.75, 3.05) is 7.11 Å². The summed E-state index contributed by atoms with van der Waals surface area (Å²) in [5, 5.41) is 4.13. The van der Waals surface area contributed by atoms with E-state index in [0.717, 1.165) is 50.2 Å². The van der Waals surface area contributed by atoms with Crippen molar-refractivity contribution in [3.8, 4) is 0 Å². The molecular weight excluding hydrogens is 230 g/mol. The Morgan fingerprint density at radius 3 is 2.56 bits per heavy atom. The highest BCUT2D eigenvalue weighted by Gasteiger charge is 2.43. The highest BCUT2D eigenvalue weighted by atomic mass is 16.5. The molecule has 2 aliphatic rings. The van der Waals surface area contributed by atoms with E-state index in [2.05, 4.69) is 10.1 Å². The number of ether oxygens (including phenoxy) is 1. The van der Waals surface area contributed by atoms with Gasteiger partial charge in [0.05, 0.1) is 0 Å². The van der Waals surface area contributed by atoms with Crippen molar-refractivity contribution < 1.29 is 9.26 Å². The molecule has 5 nitrogen and oxygen atoms in total. The first-order valence-electron chi connectivity index (χ1n) is 6.88. The van der Waals surface area contributed by atoms with Crippen LogP contribution in [0.25, 0.3) is 0 Å². The standard InChI is InChI=1S/C13H21N3O2/c1-17-13(7-2-8-13)12-15-11(18-16-12)9-3-5-10(14)6-4-9/h9-10H,2-8,14H2,1H3. The van der Waals surface area contributed by atoms with Crippen LogP contribution in [0.4, 0.5) is 0 Å². The smallest absolute Gasteiger partial charge is 0.229 e. The Hall–Kier alpha value is -0.940. The van der Waals surface area contributed by atoms with Crippen molar-refractivity contribution in [1.82, 2.24) is 10.1 Å². The molecule has 0 aliphatic heterocycles. The molecular formula is C13H21N3O2. The van der Waals surface area contributed by atoms with Crippen LogP contribution >= 0.6 is 0 Å². The predicted octanol–water partition coefficient (Wildman–Crippen LogP) is 2.08. The number of nitrogens with two attached hydrogens (primary N) is 1. The number of methoxy groups -OCH3 is 1. The molecule has 100 valence electrons. The zero-order valence-corrected chi connectivity index (χ0v) is 10.9. The summed E-state index contributed by atoms with van der Waals surface area (Å²) in [6, 6.07) is 0.348. The van der Waals surface area contributed by atoms with Crippen LogP contribution in [-0.4, -0.2) is 23.3 Å². The summed E-state index contributed by atoms with van der Waals surface area (Å²) >= 11 is 0. The third-order valence-corrected chi connectivity index (χ3v) is 4.52. The molecule has 2 N–H and O–H groups in total. The predicted molar refractivity (Wildman–Crippen MR) is 66.0 cm³/mol. The van der Waals surface area contributed by atoms with Crippen LogP contribution in [0.15, 0.2) is 4.52 Å². The first-order chi connectivity index (χ1) is 8.73. The minimum Gasteiger partial charge on any atom is -0.370 e. The molecule has 0 radical (unpaired) electrons. The molecule has 0 amide bonds. The van der Waals surface area contributed by atoms with Crippen molar-refractivity contribution in [3.05, 3.63) is 11.7 Å². The number of hydrogen-bond donors (Lipinski definition) is 1. The fourth-order valence-electron chi connectivity index (χ4n) is 2.97. The quantitative estimate of drug-likeness (QED) is 0.890. The van der Waals surface area contributed by atoms with E-state index in [9.17, 15) is 0 Å². The second-order valence-corrected chi connectivity index (χ2v) is 5.62. The zero-order chi connectivity index (χ0) is 12.6. The van der Waals surface area contributed by atoms with Gasteiger partial charge in [0.2, 0.25) is 11.7 Å². The lowest BCUT2D eigenvalue weighted by Gasteiger charge is -2.37. The molecule has 0 saturated heterocycles. The number of hydrogen-bond acceptors (Lipinski definition) is 5. The minimum absolute atomic E-state index is 0.271. The second-order valence-electron chi connectivity index (χ2n) is 5.62. The van der Waals surface area contributed by atoms with E-state index in [1.54, 1.807) is 7.11 Å². The van der Waals surface area contributed by atoms with Gasteiger partial charge in [0, 0.05) is 19.1 Å². The molecule has 0 bridgehead atoms. The highest BCUT2D eigenvalue weighted by molar-refractivity contribution is 5.08. The van der Waals surface area contributed by atoms with E-state index >= 15 is 0 Å². The van der Waals surface area contributed by atoms with Gasteiger partial charge < -0.3 is 15.0 Å². The molecule has 0 aromatic carbocycles. The summed E-state index contributed by atoms with van der Waals surface area (Å²) in [4.78, 5) is 4.58. The van der Waals surface area contributed by atoms with Crippen LogP contribution in [0, 0.1) is 0 Å². The average Bonchev–Trinajstić information content (AvgIpc) is 2.79. The number of aromatic nitrogens is 2. The molecule has 0 spiro atoms. The van der Waals surface area contributed by atoms with E-state index in [-0.39, 0.29) is 5.60 Å². The van der Waals surface area contributed by atoms with Crippen molar-refractivity contribution in [1.29, 1.82) is 0 Å². The van der Waals surface area contributed by atoms with Crippen molar-refractivity contribution in [2.45, 2.75) is 62.5 Å². The van der Waals surface area contributed by atoms with Gasteiger partial charge in [-0.25, -0.2) is 0 Å². The Bertz CT molecular complexity index is 401. The van der Waals surface area contributed by atoms with Crippen LogP contribution in [0.1, 0.15) is 62.6 Å². The van der Waals surface area contributed by atoms with E-state index in [1.165, 1.54) is 6.42 Å². The van der Waals surface area contributed by atoms with Crippen molar-refractivity contribution >= 4 is 0 Å². The van der Waals surface area contributed by atoms with E-state index in [0.29, 0.717) is 12.0 Å². The van der Waals surface area contributed by atoms with Gasteiger partial charge in [-0.05, 0) is 44.9 Å². The third kappa shape index (κ3) is 1.95. The van der Waals surface area contributed by atoms with Gasteiger partial charge in [0.1, 0.15) is 5.60 Å². The molecule has 1 aromatic rings. The lowest BCUT2D eigenvalue weighted by atomic mass is 9.79. The summed E-state index contributed by atoms with van der Waals surface area (Å²) in [5.41, 5.74) is 5.64. The summed E-state index contributed by atoms with van der Waals surface area (Å²) in [7, 11) is 1.73. The van der Waals surface area contributed by atoms with Crippen LogP contribution < -0.4 is 5.73 Å². The average molecular weight is 251 g/mol. The van der Waals surface area contributed by atoms with Gasteiger partial charge in [0.15, 0.2) is 0 Å². The molecule has 1 heterocycles. The van der Waals surface area contributed by atoms with Crippen LogP contribution in [0.3, 0.4) is 0 Å². The first-order valence-corrected chi connectivity index (χ1v) is 6.88. The summed E-state index contributed by atoms with van der Waals surface area (Å²) in [6.07, 6.45) is 7.40. The molecule has 5 heteroatoms. The van der Waals surface area contributed by atoms with Crippen LogP contribution in [0.5, 0.6) is 0 Å². The van der Waals surface area contributed by atoms with Crippen molar-refractivity contribution in [2.24, 2.45) is 5.73 Å². The summed E-state index contributed by atoms with van der Waals surface area (Å²) in [6.45, 7) is 0. The third-order valence-electron chi connectivity index (χ3n) is 4.52. The SMILES string of the molecule is COC1(c2noc(C3CCC(N)CC3)n2)CCC1. The molecule has 18 heavy (non-hydrogen) atoms. The zero-order valence-electron chi connectivity index (χ0n) is 10.9. The molecule has 2 fully saturated rings. The second kappa shape index (κ2) is 4.63. The van der Waals surface area contributed by atoms with Gasteiger partial charge in [0.25, 0.3) is 0 Å². The largest absolute Gasteiger partial charge is 0.370 e. The molecule has 2 saturated carbocycles. The Morgan fingerprint density at radius 2 is 2.00 bits per heavy atom. The Labute approximate surface area is 107 Å². The topological polar surface area (TPSA) is 74.2 Å². The van der Waals surface area contributed by atoms with Crippen LogP contribution in [-0.2, 0) is 10.3 Å². The Balaban J connectivity index is 1.73. The molecule has 0 unspecified atom stereocenters.